The molecule has 0 radical (unpaired) electrons. The van der Waals surface area contributed by atoms with Crippen molar-refractivity contribution in [2.75, 3.05) is 32.8 Å². The van der Waals surface area contributed by atoms with Gasteiger partial charge in [-0.3, -0.25) is 19.3 Å². The van der Waals surface area contributed by atoms with E-state index in [1.165, 1.54) is 0 Å². The van der Waals surface area contributed by atoms with Crippen molar-refractivity contribution in [2.24, 2.45) is 5.92 Å². The lowest BCUT2D eigenvalue weighted by Crippen LogP contribution is -2.46. The quantitative estimate of drug-likeness (QED) is 0.649. The van der Waals surface area contributed by atoms with E-state index in [4.69, 9.17) is 9.47 Å². The molecule has 1 aromatic carbocycles. The fourth-order valence-corrected chi connectivity index (χ4v) is 5.82. The lowest BCUT2D eigenvalue weighted by Gasteiger charge is -2.34. The molecular weight excluding hydrogens is 448 g/mol. The van der Waals surface area contributed by atoms with Crippen LogP contribution < -0.4 is 10.3 Å². The summed E-state index contributed by atoms with van der Waals surface area (Å²) in [5.41, 5.74) is 3.09. The average Bonchev–Trinajstić information content (AvgIpc) is 3.50. The van der Waals surface area contributed by atoms with Crippen LogP contribution in [-0.2, 0) is 35.5 Å². The number of fused-ring (bicyclic) bond motifs is 2. The number of rotatable bonds is 5. The summed E-state index contributed by atoms with van der Waals surface area (Å²) in [5.74, 6) is 1.70. The number of hydrogen-bond donors (Lipinski definition) is 1. The summed E-state index contributed by atoms with van der Waals surface area (Å²) >= 11 is 0. The summed E-state index contributed by atoms with van der Waals surface area (Å²) in [7, 11) is 0. The third-order valence-electron chi connectivity index (χ3n) is 7.80. The first-order valence-electron chi connectivity index (χ1n) is 12.6. The highest BCUT2D eigenvalue weighted by molar-refractivity contribution is 5.98. The lowest BCUT2D eigenvalue weighted by molar-refractivity contribution is -0.133. The molecule has 1 N–H and O–H groups in total. The van der Waals surface area contributed by atoms with Crippen LogP contribution in [0.15, 0.2) is 23.0 Å². The van der Waals surface area contributed by atoms with Crippen LogP contribution in [-0.4, -0.2) is 70.3 Å². The van der Waals surface area contributed by atoms with E-state index in [0.717, 1.165) is 61.3 Å². The van der Waals surface area contributed by atoms with Gasteiger partial charge in [-0.2, -0.15) is 0 Å². The molecule has 6 rings (SSSR count). The molecule has 2 aromatic rings. The van der Waals surface area contributed by atoms with Crippen LogP contribution in [0.5, 0.6) is 5.75 Å². The Morgan fingerprint density at radius 2 is 1.94 bits per heavy atom. The molecule has 184 valence electrons. The number of benzene rings is 1. The normalized spacial score (nSPS) is 22.7. The molecule has 9 nitrogen and oxygen atoms in total. The SMILES string of the molecule is O=C(c1ccc2c(c1)CCO2)C1CCN(C2CCN(Cc3nc4c(c(=O)[nH]3)COCC4)C2=O)CC1. The maximum absolute atomic E-state index is 13.2. The highest BCUT2D eigenvalue weighted by Gasteiger charge is 2.38. The van der Waals surface area contributed by atoms with E-state index in [-0.39, 0.29) is 29.2 Å². The van der Waals surface area contributed by atoms with Gasteiger partial charge in [0, 0.05) is 30.9 Å². The number of hydrogen-bond acceptors (Lipinski definition) is 7. The van der Waals surface area contributed by atoms with Crippen molar-refractivity contribution in [1.29, 1.82) is 0 Å². The van der Waals surface area contributed by atoms with Crippen LogP contribution in [0.4, 0.5) is 0 Å². The van der Waals surface area contributed by atoms with Gasteiger partial charge in [0.2, 0.25) is 5.91 Å². The molecule has 1 amide bonds. The number of piperidine rings is 1. The number of carbonyl (C=O) groups is 2. The number of ether oxygens (including phenoxy) is 2. The number of likely N-dealkylation sites (tertiary alicyclic amines) is 2. The third kappa shape index (κ3) is 4.27. The summed E-state index contributed by atoms with van der Waals surface area (Å²) in [6.45, 7) is 3.98. The fourth-order valence-electron chi connectivity index (χ4n) is 5.82. The first-order valence-corrected chi connectivity index (χ1v) is 12.6. The van der Waals surface area contributed by atoms with Crippen molar-refractivity contribution in [3.05, 3.63) is 56.8 Å². The molecule has 2 saturated heterocycles. The number of amides is 1. The minimum absolute atomic E-state index is 0.00650. The maximum atomic E-state index is 13.2. The molecule has 0 saturated carbocycles. The molecule has 4 aliphatic rings. The van der Waals surface area contributed by atoms with E-state index >= 15 is 0 Å². The summed E-state index contributed by atoms with van der Waals surface area (Å²) in [6, 6.07) is 5.61. The van der Waals surface area contributed by atoms with Crippen molar-refractivity contribution >= 4 is 11.7 Å². The van der Waals surface area contributed by atoms with Gasteiger partial charge in [-0.25, -0.2) is 4.98 Å². The van der Waals surface area contributed by atoms with Gasteiger partial charge < -0.3 is 19.4 Å². The Kier molecular flexibility index (Phi) is 5.89. The van der Waals surface area contributed by atoms with Crippen LogP contribution in [0.3, 0.4) is 0 Å². The van der Waals surface area contributed by atoms with Gasteiger partial charge >= 0.3 is 0 Å². The first-order chi connectivity index (χ1) is 17.1. The largest absolute Gasteiger partial charge is 0.493 e. The van der Waals surface area contributed by atoms with E-state index in [2.05, 4.69) is 14.9 Å². The number of aromatic nitrogens is 2. The topological polar surface area (TPSA) is 105 Å². The highest BCUT2D eigenvalue weighted by atomic mass is 16.5. The molecule has 0 aliphatic carbocycles. The predicted octanol–water partition coefficient (Wildman–Crippen LogP) is 1.47. The number of aromatic amines is 1. The minimum Gasteiger partial charge on any atom is -0.493 e. The second-order valence-corrected chi connectivity index (χ2v) is 9.90. The van der Waals surface area contributed by atoms with Crippen LogP contribution in [0.25, 0.3) is 0 Å². The Bertz CT molecular complexity index is 1220. The van der Waals surface area contributed by atoms with Gasteiger partial charge in [0.15, 0.2) is 5.78 Å². The standard InChI is InChI=1S/C26H30N4O5/c31-24(18-1-2-22-17(13-18)6-12-35-22)16-3-8-29(9-4-16)21-5-10-30(26(21)33)14-23-27-20-7-11-34-15-19(20)25(32)28-23/h1-2,13,16,21H,3-12,14-15H2,(H,27,28,32). The summed E-state index contributed by atoms with van der Waals surface area (Å²) in [6.07, 6.45) is 3.76. The molecular formula is C26H30N4O5. The van der Waals surface area contributed by atoms with Crippen LogP contribution in [0.2, 0.25) is 0 Å². The summed E-state index contributed by atoms with van der Waals surface area (Å²) in [4.78, 5) is 50.1. The molecule has 9 heteroatoms. The second kappa shape index (κ2) is 9.20. The maximum Gasteiger partial charge on any atom is 0.256 e. The molecule has 0 spiro atoms. The van der Waals surface area contributed by atoms with Gasteiger partial charge in [-0.1, -0.05) is 0 Å². The van der Waals surface area contributed by atoms with Crippen LogP contribution in [0, 0.1) is 5.92 Å². The number of H-pyrrole nitrogens is 1. The molecule has 4 aliphatic heterocycles. The van der Waals surface area contributed by atoms with E-state index in [1.54, 1.807) is 4.90 Å². The number of nitrogens with one attached hydrogen (secondary N) is 1. The van der Waals surface area contributed by atoms with Gasteiger partial charge in [-0.15, -0.1) is 0 Å². The first kappa shape index (κ1) is 22.4. The summed E-state index contributed by atoms with van der Waals surface area (Å²) < 4.78 is 10.9. The zero-order chi connectivity index (χ0) is 23.9. The second-order valence-electron chi connectivity index (χ2n) is 9.90. The summed E-state index contributed by atoms with van der Waals surface area (Å²) in [5, 5.41) is 0. The van der Waals surface area contributed by atoms with Gasteiger partial charge in [0.1, 0.15) is 11.6 Å². The van der Waals surface area contributed by atoms with Crippen molar-refractivity contribution in [3.63, 3.8) is 0 Å². The Labute approximate surface area is 203 Å². The van der Waals surface area contributed by atoms with E-state index in [0.29, 0.717) is 50.7 Å². The van der Waals surface area contributed by atoms with E-state index < -0.39 is 0 Å². The fraction of sp³-hybridized carbons (Fsp3) is 0.538. The minimum atomic E-state index is -0.171. The third-order valence-corrected chi connectivity index (χ3v) is 7.80. The molecule has 2 fully saturated rings. The molecule has 1 aromatic heterocycles. The van der Waals surface area contributed by atoms with Crippen molar-refractivity contribution < 1.29 is 19.1 Å². The molecule has 1 unspecified atom stereocenters. The van der Waals surface area contributed by atoms with Gasteiger partial charge in [-0.05, 0) is 56.1 Å². The Hall–Kier alpha value is -3.04. The van der Waals surface area contributed by atoms with Gasteiger partial charge in [0.25, 0.3) is 5.56 Å². The smallest absolute Gasteiger partial charge is 0.256 e. The Morgan fingerprint density at radius 1 is 1.09 bits per heavy atom. The Morgan fingerprint density at radius 3 is 2.80 bits per heavy atom. The molecule has 35 heavy (non-hydrogen) atoms. The van der Waals surface area contributed by atoms with Crippen molar-refractivity contribution in [1.82, 2.24) is 19.8 Å². The number of Topliss-reactive ketones (excluding diaryl/α,β-unsaturated/α-hetero) is 1. The van der Waals surface area contributed by atoms with Crippen LogP contribution in [0.1, 0.15) is 52.3 Å². The zero-order valence-corrected chi connectivity index (χ0v) is 19.8. The number of ketones is 1. The van der Waals surface area contributed by atoms with E-state index in [1.807, 2.05) is 18.2 Å². The lowest BCUT2D eigenvalue weighted by atomic mass is 9.87. The highest BCUT2D eigenvalue weighted by Crippen LogP contribution is 2.30. The number of carbonyl (C=O) groups excluding carboxylic acids is 2. The van der Waals surface area contributed by atoms with Crippen LogP contribution >= 0.6 is 0 Å². The monoisotopic (exact) mass is 478 g/mol. The molecule has 0 bridgehead atoms. The zero-order valence-electron chi connectivity index (χ0n) is 19.8. The molecule has 1 atom stereocenters. The van der Waals surface area contributed by atoms with E-state index in [9.17, 15) is 14.4 Å². The predicted molar refractivity (Wildman–Crippen MR) is 126 cm³/mol. The molecule has 5 heterocycles. The average molecular weight is 479 g/mol. The Balaban J connectivity index is 1.06. The van der Waals surface area contributed by atoms with Gasteiger partial charge in [0.05, 0.1) is 43.7 Å². The van der Waals surface area contributed by atoms with Crippen molar-refractivity contribution in [3.8, 4) is 5.75 Å². The number of nitrogens with zero attached hydrogens (tertiary/aromatic N) is 3. The van der Waals surface area contributed by atoms with Crippen molar-refractivity contribution in [2.45, 2.75) is 51.3 Å².